The number of carbonyl (C=O) groups is 1. The first-order valence-electron chi connectivity index (χ1n) is 5.55. The predicted molar refractivity (Wildman–Crippen MR) is 67.3 cm³/mol. The number of nitrogens with two attached hydrogens (primary N) is 2. The van der Waals surface area contributed by atoms with E-state index in [0.29, 0.717) is 25.2 Å². The summed E-state index contributed by atoms with van der Waals surface area (Å²) in [6.45, 7) is 0.959. The highest BCUT2D eigenvalue weighted by atomic mass is 32.2. The lowest BCUT2D eigenvalue weighted by molar-refractivity contribution is -0.117. The van der Waals surface area contributed by atoms with Gasteiger partial charge in [-0.2, -0.15) is 0 Å². The Bertz CT molecular complexity index is 571. The van der Waals surface area contributed by atoms with Crippen LogP contribution >= 0.6 is 0 Å². The van der Waals surface area contributed by atoms with Gasteiger partial charge in [-0.05, 0) is 30.7 Å². The number of primary sulfonamides is 1. The molecule has 1 unspecified atom stereocenters. The lowest BCUT2D eigenvalue weighted by Gasteiger charge is -2.17. The van der Waals surface area contributed by atoms with Crippen LogP contribution in [0.1, 0.15) is 6.42 Å². The molecule has 1 aromatic carbocycles. The van der Waals surface area contributed by atoms with Crippen LogP contribution in [0.15, 0.2) is 29.2 Å². The third-order valence-electron chi connectivity index (χ3n) is 3.00. The Hall–Kier alpha value is -1.44. The summed E-state index contributed by atoms with van der Waals surface area (Å²) in [5.41, 5.74) is 6.08. The Balaban J connectivity index is 2.32. The molecule has 1 fully saturated rings. The van der Waals surface area contributed by atoms with Crippen LogP contribution in [0.2, 0.25) is 0 Å². The van der Waals surface area contributed by atoms with E-state index in [4.69, 9.17) is 10.9 Å². The van der Waals surface area contributed by atoms with E-state index in [2.05, 4.69) is 0 Å². The van der Waals surface area contributed by atoms with Crippen molar-refractivity contribution in [3.05, 3.63) is 24.3 Å². The summed E-state index contributed by atoms with van der Waals surface area (Å²) in [7, 11) is -3.75. The van der Waals surface area contributed by atoms with Gasteiger partial charge >= 0.3 is 0 Å². The van der Waals surface area contributed by atoms with Crippen LogP contribution in [-0.2, 0) is 14.8 Å². The van der Waals surface area contributed by atoms with Crippen molar-refractivity contribution in [3.63, 3.8) is 0 Å². The largest absolute Gasteiger partial charge is 0.330 e. The number of rotatable bonds is 3. The van der Waals surface area contributed by atoms with Crippen LogP contribution in [0.5, 0.6) is 0 Å². The fourth-order valence-corrected chi connectivity index (χ4v) is 2.57. The SMILES string of the molecule is NCC1CC(=O)N(c2cccc(S(N)(=O)=O)c2)C1. The molecule has 0 saturated carbocycles. The highest BCUT2D eigenvalue weighted by Crippen LogP contribution is 2.26. The average Bonchev–Trinajstić information content (AvgIpc) is 2.70. The zero-order chi connectivity index (χ0) is 13.3. The third kappa shape index (κ3) is 2.53. The molecule has 2 rings (SSSR count). The van der Waals surface area contributed by atoms with Gasteiger partial charge in [0, 0.05) is 18.7 Å². The fraction of sp³-hybridized carbons (Fsp3) is 0.364. The predicted octanol–water partition coefficient (Wildman–Crippen LogP) is -0.354. The van der Waals surface area contributed by atoms with Gasteiger partial charge in [-0.3, -0.25) is 4.79 Å². The minimum Gasteiger partial charge on any atom is -0.330 e. The van der Waals surface area contributed by atoms with Gasteiger partial charge in [-0.15, -0.1) is 0 Å². The fourth-order valence-electron chi connectivity index (χ4n) is 2.02. The van der Waals surface area contributed by atoms with E-state index < -0.39 is 10.0 Å². The van der Waals surface area contributed by atoms with Gasteiger partial charge in [0.05, 0.1) is 4.90 Å². The topological polar surface area (TPSA) is 106 Å². The van der Waals surface area contributed by atoms with Crippen LogP contribution < -0.4 is 15.8 Å². The first kappa shape index (κ1) is 13.0. The van der Waals surface area contributed by atoms with Gasteiger partial charge in [-0.1, -0.05) is 6.07 Å². The second-order valence-electron chi connectivity index (χ2n) is 4.35. The van der Waals surface area contributed by atoms with Crippen LogP contribution in [0.3, 0.4) is 0 Å². The number of hydrogen-bond acceptors (Lipinski definition) is 4. The second-order valence-corrected chi connectivity index (χ2v) is 5.91. The average molecular weight is 269 g/mol. The summed E-state index contributed by atoms with van der Waals surface area (Å²) < 4.78 is 22.5. The maximum atomic E-state index is 11.8. The molecule has 1 saturated heterocycles. The quantitative estimate of drug-likeness (QED) is 0.781. The van der Waals surface area contributed by atoms with Crippen molar-refractivity contribution >= 4 is 21.6 Å². The molecular weight excluding hydrogens is 254 g/mol. The summed E-state index contributed by atoms with van der Waals surface area (Å²) in [5.74, 6) is 0.0765. The van der Waals surface area contributed by atoms with Crippen molar-refractivity contribution in [2.45, 2.75) is 11.3 Å². The molecule has 98 valence electrons. The molecule has 0 aliphatic carbocycles. The van der Waals surface area contributed by atoms with Gasteiger partial charge < -0.3 is 10.6 Å². The molecule has 0 radical (unpaired) electrons. The van der Waals surface area contributed by atoms with E-state index in [1.807, 2.05) is 0 Å². The monoisotopic (exact) mass is 269 g/mol. The number of benzene rings is 1. The lowest BCUT2D eigenvalue weighted by atomic mass is 10.1. The van der Waals surface area contributed by atoms with Crippen molar-refractivity contribution in [1.82, 2.24) is 0 Å². The standard InChI is InChI=1S/C11H15N3O3S/c12-6-8-4-11(15)14(7-8)9-2-1-3-10(5-9)18(13,16)17/h1-3,5,8H,4,6-7,12H2,(H2,13,16,17). The minimum absolute atomic E-state index is 0.00370. The zero-order valence-corrected chi connectivity index (χ0v) is 10.6. The Morgan fingerprint density at radius 2 is 2.11 bits per heavy atom. The molecule has 1 amide bonds. The van der Waals surface area contributed by atoms with E-state index in [-0.39, 0.29) is 16.7 Å². The lowest BCUT2D eigenvalue weighted by Crippen LogP contribution is -2.26. The molecule has 18 heavy (non-hydrogen) atoms. The highest BCUT2D eigenvalue weighted by Gasteiger charge is 2.29. The van der Waals surface area contributed by atoms with Gasteiger partial charge in [0.1, 0.15) is 0 Å². The molecule has 1 aliphatic heterocycles. The second kappa shape index (κ2) is 4.68. The molecule has 1 heterocycles. The van der Waals surface area contributed by atoms with E-state index in [1.165, 1.54) is 12.1 Å². The molecular formula is C11H15N3O3S. The molecule has 0 spiro atoms. The van der Waals surface area contributed by atoms with E-state index in [9.17, 15) is 13.2 Å². The van der Waals surface area contributed by atoms with Crippen molar-refractivity contribution in [2.75, 3.05) is 18.0 Å². The van der Waals surface area contributed by atoms with Gasteiger partial charge in [0.2, 0.25) is 15.9 Å². The first-order valence-corrected chi connectivity index (χ1v) is 7.09. The van der Waals surface area contributed by atoms with Gasteiger partial charge in [0.15, 0.2) is 0 Å². The molecule has 0 bridgehead atoms. The van der Waals surface area contributed by atoms with Crippen LogP contribution in [0.25, 0.3) is 0 Å². The third-order valence-corrected chi connectivity index (χ3v) is 3.91. The summed E-state index contributed by atoms with van der Waals surface area (Å²) in [6, 6.07) is 6.07. The molecule has 6 nitrogen and oxygen atoms in total. The molecule has 1 atom stereocenters. The van der Waals surface area contributed by atoms with Gasteiger partial charge in [-0.25, -0.2) is 13.6 Å². The Morgan fingerprint density at radius 1 is 1.39 bits per heavy atom. The molecule has 4 N–H and O–H groups in total. The number of carbonyl (C=O) groups excluding carboxylic acids is 1. The molecule has 1 aliphatic rings. The number of anilines is 1. The normalized spacial score (nSPS) is 20.4. The number of nitrogens with zero attached hydrogens (tertiary/aromatic N) is 1. The van der Waals surface area contributed by atoms with E-state index in [0.717, 1.165) is 0 Å². The van der Waals surface area contributed by atoms with Crippen molar-refractivity contribution < 1.29 is 13.2 Å². The van der Waals surface area contributed by atoms with Crippen LogP contribution in [0.4, 0.5) is 5.69 Å². The number of hydrogen-bond donors (Lipinski definition) is 2. The van der Waals surface area contributed by atoms with Crippen LogP contribution in [0, 0.1) is 5.92 Å². The molecule has 7 heteroatoms. The molecule has 1 aromatic rings. The van der Waals surface area contributed by atoms with Crippen molar-refractivity contribution in [2.24, 2.45) is 16.8 Å². The number of amides is 1. The Labute approximate surface area is 106 Å². The highest BCUT2D eigenvalue weighted by molar-refractivity contribution is 7.89. The summed E-state index contributed by atoms with van der Waals surface area (Å²) in [4.78, 5) is 13.3. The van der Waals surface area contributed by atoms with Crippen LogP contribution in [-0.4, -0.2) is 27.4 Å². The maximum Gasteiger partial charge on any atom is 0.238 e. The summed E-state index contributed by atoms with van der Waals surface area (Å²) >= 11 is 0. The smallest absolute Gasteiger partial charge is 0.238 e. The summed E-state index contributed by atoms with van der Waals surface area (Å²) in [6.07, 6.45) is 0.399. The van der Waals surface area contributed by atoms with Crippen molar-refractivity contribution in [1.29, 1.82) is 0 Å². The molecule has 0 aromatic heterocycles. The Kier molecular flexibility index (Phi) is 3.38. The maximum absolute atomic E-state index is 11.8. The Morgan fingerprint density at radius 3 is 2.67 bits per heavy atom. The van der Waals surface area contributed by atoms with Crippen molar-refractivity contribution in [3.8, 4) is 0 Å². The first-order chi connectivity index (χ1) is 8.41. The van der Waals surface area contributed by atoms with E-state index in [1.54, 1.807) is 17.0 Å². The van der Waals surface area contributed by atoms with E-state index >= 15 is 0 Å². The summed E-state index contributed by atoms with van der Waals surface area (Å²) in [5, 5.41) is 5.06. The van der Waals surface area contributed by atoms with Gasteiger partial charge in [0.25, 0.3) is 0 Å². The zero-order valence-electron chi connectivity index (χ0n) is 9.74. The minimum atomic E-state index is -3.75. The number of sulfonamides is 1.